The number of allylic oxidation sites excluding steroid dienone is 2. The largest absolute Gasteiger partial charge is 0.464 e. The van der Waals surface area contributed by atoms with E-state index in [2.05, 4.69) is 22.0 Å². The molecule has 2 aliphatic carbocycles. The molecule has 4 nitrogen and oxygen atoms in total. The van der Waals surface area contributed by atoms with Crippen molar-refractivity contribution in [3.8, 4) is 0 Å². The summed E-state index contributed by atoms with van der Waals surface area (Å²) in [7, 11) is 0. The molecule has 3 aliphatic rings. The maximum absolute atomic E-state index is 13.0. The Morgan fingerprint density at radius 1 is 1.32 bits per heavy atom. The molecule has 1 saturated carbocycles. The van der Waals surface area contributed by atoms with Crippen molar-refractivity contribution in [2.45, 2.75) is 64.5 Å². The number of piperidine rings is 1. The Labute approximate surface area is 150 Å². The van der Waals surface area contributed by atoms with Gasteiger partial charge in [-0.1, -0.05) is 12.2 Å². The topological polar surface area (TPSA) is 36.7 Å². The van der Waals surface area contributed by atoms with Crippen molar-refractivity contribution in [3.05, 3.63) is 35.8 Å². The molecule has 1 amide bonds. The van der Waals surface area contributed by atoms with E-state index in [1.165, 1.54) is 32.1 Å². The Hall–Kier alpha value is -1.55. The number of amides is 1. The van der Waals surface area contributed by atoms with Gasteiger partial charge in [0.15, 0.2) is 0 Å². The van der Waals surface area contributed by atoms with Crippen molar-refractivity contribution in [2.24, 2.45) is 5.41 Å². The van der Waals surface area contributed by atoms with Gasteiger partial charge in [-0.05, 0) is 76.0 Å². The minimum atomic E-state index is 0.278. The molecule has 4 rings (SSSR count). The predicted octanol–water partition coefficient (Wildman–Crippen LogP) is 3.90. The summed E-state index contributed by atoms with van der Waals surface area (Å²) < 4.78 is 5.71. The second-order valence-corrected chi connectivity index (χ2v) is 8.29. The molecule has 0 bridgehead atoms. The van der Waals surface area contributed by atoms with Crippen LogP contribution in [0.3, 0.4) is 0 Å². The summed E-state index contributed by atoms with van der Waals surface area (Å²) in [6, 6.07) is 4.41. The number of carbonyl (C=O) groups is 1. The Kier molecular flexibility index (Phi) is 4.72. The van der Waals surface area contributed by atoms with Gasteiger partial charge in [0.1, 0.15) is 11.5 Å². The third kappa shape index (κ3) is 4.00. The summed E-state index contributed by atoms with van der Waals surface area (Å²) >= 11 is 0. The number of furan rings is 1. The molecule has 0 unspecified atom stereocenters. The zero-order chi connectivity index (χ0) is 17.3. The lowest BCUT2D eigenvalue weighted by Gasteiger charge is -2.44. The van der Waals surface area contributed by atoms with Gasteiger partial charge in [0.25, 0.3) is 0 Å². The lowest BCUT2D eigenvalue weighted by Crippen LogP contribution is -2.48. The van der Waals surface area contributed by atoms with E-state index in [9.17, 15) is 4.79 Å². The average Bonchev–Trinajstić information content (AvgIpc) is 3.35. The van der Waals surface area contributed by atoms with Gasteiger partial charge in [-0.3, -0.25) is 9.69 Å². The Bertz CT molecular complexity index is 646. The predicted molar refractivity (Wildman–Crippen MR) is 98.1 cm³/mol. The van der Waals surface area contributed by atoms with E-state index < -0.39 is 0 Å². The Balaban J connectivity index is 1.38. The highest BCUT2D eigenvalue weighted by molar-refractivity contribution is 5.79. The second-order valence-electron chi connectivity index (χ2n) is 8.29. The van der Waals surface area contributed by atoms with Crippen molar-refractivity contribution >= 4 is 5.91 Å². The first-order valence-corrected chi connectivity index (χ1v) is 9.86. The van der Waals surface area contributed by atoms with Crippen molar-refractivity contribution < 1.29 is 9.21 Å². The van der Waals surface area contributed by atoms with Crippen LogP contribution in [0.2, 0.25) is 0 Å². The van der Waals surface area contributed by atoms with Crippen LogP contribution in [-0.4, -0.2) is 41.4 Å². The first-order chi connectivity index (χ1) is 12.1. The van der Waals surface area contributed by atoms with Gasteiger partial charge in [0.05, 0.1) is 13.1 Å². The fourth-order valence-corrected chi connectivity index (χ4v) is 4.59. The summed E-state index contributed by atoms with van der Waals surface area (Å²) in [6.45, 7) is 5.30. The normalized spacial score (nSPS) is 26.9. The van der Waals surface area contributed by atoms with Crippen LogP contribution in [0.25, 0.3) is 0 Å². The van der Waals surface area contributed by atoms with Crippen LogP contribution in [0.4, 0.5) is 0 Å². The molecule has 0 radical (unpaired) electrons. The highest BCUT2D eigenvalue weighted by Gasteiger charge is 2.38. The second kappa shape index (κ2) is 6.99. The molecule has 2 heterocycles. The zero-order valence-corrected chi connectivity index (χ0v) is 15.4. The molecule has 136 valence electrons. The lowest BCUT2D eigenvalue weighted by atomic mass is 9.71. The summed E-state index contributed by atoms with van der Waals surface area (Å²) in [5, 5.41) is 0. The van der Waals surface area contributed by atoms with Gasteiger partial charge in [0, 0.05) is 12.6 Å². The molecular formula is C21H30N2O2. The van der Waals surface area contributed by atoms with Crippen LogP contribution in [0.1, 0.15) is 56.5 Å². The zero-order valence-electron chi connectivity index (χ0n) is 15.4. The molecule has 2 fully saturated rings. The SMILES string of the molecule is Cc1ccc(CN(C(=O)CN2CCC[C@@]3(CC=CCC3)C2)C2CC2)o1. The first kappa shape index (κ1) is 16.9. The summed E-state index contributed by atoms with van der Waals surface area (Å²) in [5.74, 6) is 2.10. The van der Waals surface area contributed by atoms with Crippen LogP contribution < -0.4 is 0 Å². The molecule has 1 saturated heterocycles. The summed E-state index contributed by atoms with van der Waals surface area (Å²) in [5.41, 5.74) is 0.426. The molecule has 1 spiro atoms. The van der Waals surface area contributed by atoms with E-state index in [0.29, 0.717) is 24.5 Å². The number of aryl methyl sites for hydroxylation is 1. The van der Waals surface area contributed by atoms with E-state index in [4.69, 9.17) is 4.42 Å². The molecule has 0 N–H and O–H groups in total. The van der Waals surface area contributed by atoms with E-state index in [1.54, 1.807) is 0 Å². The lowest BCUT2D eigenvalue weighted by molar-refractivity contribution is -0.134. The molecule has 4 heteroatoms. The molecule has 0 aromatic carbocycles. The standard InChI is InChI=1S/C21H30N2O2/c1-17-6-9-19(25-17)14-23(18-7-8-18)20(24)15-22-13-5-12-21(16-22)10-3-2-4-11-21/h2-3,6,9,18H,4-5,7-8,10-16H2,1H3/t21-/m0/s1. The number of nitrogens with zero attached hydrogens (tertiary/aromatic N) is 2. The van der Waals surface area contributed by atoms with Crippen LogP contribution in [0.15, 0.2) is 28.7 Å². The molecule has 1 atom stereocenters. The number of likely N-dealkylation sites (tertiary alicyclic amines) is 1. The van der Waals surface area contributed by atoms with Gasteiger partial charge in [-0.15, -0.1) is 0 Å². The fourth-order valence-electron chi connectivity index (χ4n) is 4.59. The maximum Gasteiger partial charge on any atom is 0.237 e. The minimum absolute atomic E-state index is 0.278. The summed E-state index contributed by atoms with van der Waals surface area (Å²) in [4.78, 5) is 17.5. The van der Waals surface area contributed by atoms with Crippen LogP contribution >= 0.6 is 0 Å². The molecule has 1 aromatic heterocycles. The highest BCUT2D eigenvalue weighted by atomic mass is 16.3. The van der Waals surface area contributed by atoms with E-state index in [1.807, 2.05) is 19.1 Å². The number of hydrogen-bond donors (Lipinski definition) is 0. The molecular weight excluding hydrogens is 312 g/mol. The Morgan fingerprint density at radius 3 is 2.88 bits per heavy atom. The van der Waals surface area contributed by atoms with Crippen LogP contribution in [-0.2, 0) is 11.3 Å². The third-order valence-electron chi connectivity index (χ3n) is 6.09. The fraction of sp³-hybridized carbons (Fsp3) is 0.667. The number of rotatable bonds is 5. The third-order valence-corrected chi connectivity index (χ3v) is 6.09. The van der Waals surface area contributed by atoms with Gasteiger partial charge >= 0.3 is 0 Å². The summed E-state index contributed by atoms with van der Waals surface area (Å²) in [6.07, 6.45) is 13.2. The van der Waals surface area contributed by atoms with Crippen molar-refractivity contribution in [1.82, 2.24) is 9.80 Å². The first-order valence-electron chi connectivity index (χ1n) is 9.86. The van der Waals surface area contributed by atoms with Crippen LogP contribution in [0.5, 0.6) is 0 Å². The van der Waals surface area contributed by atoms with Crippen molar-refractivity contribution in [1.29, 1.82) is 0 Å². The van der Waals surface area contributed by atoms with Gasteiger partial charge in [-0.25, -0.2) is 0 Å². The van der Waals surface area contributed by atoms with E-state index in [0.717, 1.165) is 37.5 Å². The maximum atomic E-state index is 13.0. The van der Waals surface area contributed by atoms with Crippen molar-refractivity contribution in [2.75, 3.05) is 19.6 Å². The molecule has 1 aliphatic heterocycles. The van der Waals surface area contributed by atoms with E-state index >= 15 is 0 Å². The van der Waals surface area contributed by atoms with Gasteiger partial charge < -0.3 is 9.32 Å². The Morgan fingerprint density at radius 2 is 2.20 bits per heavy atom. The smallest absolute Gasteiger partial charge is 0.237 e. The average molecular weight is 342 g/mol. The van der Waals surface area contributed by atoms with Gasteiger partial charge in [-0.2, -0.15) is 0 Å². The van der Waals surface area contributed by atoms with Gasteiger partial charge in [0.2, 0.25) is 5.91 Å². The van der Waals surface area contributed by atoms with Crippen LogP contribution in [0, 0.1) is 12.3 Å². The number of carbonyl (C=O) groups excluding carboxylic acids is 1. The number of hydrogen-bond acceptors (Lipinski definition) is 3. The highest BCUT2D eigenvalue weighted by Crippen LogP contribution is 2.40. The molecule has 25 heavy (non-hydrogen) atoms. The molecule has 1 aromatic rings. The minimum Gasteiger partial charge on any atom is -0.464 e. The van der Waals surface area contributed by atoms with Crippen molar-refractivity contribution in [3.63, 3.8) is 0 Å². The monoisotopic (exact) mass is 342 g/mol. The van der Waals surface area contributed by atoms with E-state index in [-0.39, 0.29) is 5.91 Å². The quantitative estimate of drug-likeness (QED) is 0.762.